The number of aromatic amines is 1. The molecule has 0 fully saturated rings. The van der Waals surface area contributed by atoms with Crippen molar-refractivity contribution in [1.82, 2.24) is 40.1 Å². The van der Waals surface area contributed by atoms with Gasteiger partial charge in [-0.1, -0.05) is 23.2 Å². The van der Waals surface area contributed by atoms with Crippen molar-refractivity contribution in [2.75, 3.05) is 5.73 Å². The van der Waals surface area contributed by atoms with E-state index in [0.717, 1.165) is 22.4 Å². The molecule has 0 spiro atoms. The van der Waals surface area contributed by atoms with E-state index >= 15 is 0 Å². The Balaban J connectivity index is 1.38. The number of nitrogens with two attached hydrogens (primary N) is 1. The van der Waals surface area contributed by atoms with Crippen molar-refractivity contribution < 1.29 is 5.11 Å². The molecule has 0 amide bonds. The summed E-state index contributed by atoms with van der Waals surface area (Å²) in [7, 11) is 0. The number of tetrazole rings is 1. The molecular weight excluding hydrogens is 489 g/mol. The van der Waals surface area contributed by atoms with Crippen LogP contribution in [0.2, 0.25) is 10.2 Å². The number of aromatic nitrogens is 8. The van der Waals surface area contributed by atoms with Crippen LogP contribution in [0.5, 0.6) is 0 Å². The van der Waals surface area contributed by atoms with Crippen LogP contribution < -0.4 is 5.73 Å². The molecule has 0 bridgehead atoms. The lowest BCUT2D eigenvalue weighted by molar-refractivity contribution is 0.0701. The number of nitrogens with one attached hydrogen (secondary N) is 1. The molecule has 12 heteroatoms. The normalized spacial score (nSPS) is 17.0. The van der Waals surface area contributed by atoms with E-state index in [4.69, 9.17) is 28.9 Å². The molecule has 1 aliphatic rings. The zero-order valence-electron chi connectivity index (χ0n) is 18.0. The topological polar surface area (TPSA) is 144 Å². The van der Waals surface area contributed by atoms with Gasteiger partial charge >= 0.3 is 0 Å². The van der Waals surface area contributed by atoms with Crippen LogP contribution in [0.25, 0.3) is 28.1 Å². The van der Waals surface area contributed by atoms with E-state index in [1.54, 1.807) is 35.3 Å². The van der Waals surface area contributed by atoms with Crippen LogP contribution in [0.3, 0.4) is 0 Å². The maximum absolute atomic E-state index is 11.6. The molecule has 0 aliphatic heterocycles. The Kier molecular flexibility index (Phi) is 5.03. The molecule has 0 saturated heterocycles. The summed E-state index contributed by atoms with van der Waals surface area (Å²) in [6.45, 7) is 0. The van der Waals surface area contributed by atoms with Crippen LogP contribution in [0, 0.1) is 0 Å². The number of imidazole rings is 1. The molecule has 1 atom stereocenters. The number of H-pyrrole nitrogens is 1. The van der Waals surface area contributed by atoms with Crippen molar-refractivity contribution >= 4 is 29.0 Å². The first-order chi connectivity index (χ1) is 16.9. The lowest BCUT2D eigenvalue weighted by Gasteiger charge is -2.20. The van der Waals surface area contributed by atoms with Gasteiger partial charge in [0.25, 0.3) is 0 Å². The molecule has 1 aromatic carbocycles. The molecule has 4 aromatic heterocycles. The first-order valence-corrected chi connectivity index (χ1v) is 11.4. The molecule has 1 aliphatic carbocycles. The number of aryl methyl sites for hydroxylation is 1. The van der Waals surface area contributed by atoms with E-state index in [9.17, 15) is 5.11 Å². The number of pyridine rings is 2. The average molecular weight is 506 g/mol. The first kappa shape index (κ1) is 21.7. The van der Waals surface area contributed by atoms with Crippen LogP contribution in [-0.2, 0) is 12.0 Å². The smallest absolute Gasteiger partial charge is 0.164 e. The predicted molar refractivity (Wildman–Crippen MR) is 130 cm³/mol. The largest absolute Gasteiger partial charge is 0.384 e. The minimum absolute atomic E-state index is 0.252. The van der Waals surface area contributed by atoms with Gasteiger partial charge in [-0.2, -0.15) is 4.68 Å². The molecule has 4 N–H and O–H groups in total. The summed E-state index contributed by atoms with van der Waals surface area (Å²) in [6.07, 6.45) is 5.88. The molecular formula is C23H17Cl2N9O. The summed E-state index contributed by atoms with van der Waals surface area (Å²) in [5, 5.41) is 23.9. The SMILES string of the molecule is Nc1ccc(-c2cnc(C3(O)CCc4cc(-c5cc(Cl)ccc5-n5cnnn5)cnc43)[nH]2)c(Cl)n1. The Labute approximate surface area is 208 Å². The Morgan fingerprint density at radius 3 is 2.74 bits per heavy atom. The van der Waals surface area contributed by atoms with Gasteiger partial charge in [0.1, 0.15) is 23.1 Å². The van der Waals surface area contributed by atoms with Crippen LogP contribution in [0.15, 0.2) is 55.1 Å². The number of fused-ring (bicyclic) bond motifs is 1. The van der Waals surface area contributed by atoms with Crippen molar-refractivity contribution in [2.45, 2.75) is 18.4 Å². The highest BCUT2D eigenvalue weighted by molar-refractivity contribution is 6.32. The van der Waals surface area contributed by atoms with Gasteiger partial charge in [0.15, 0.2) is 5.60 Å². The quantitative estimate of drug-likeness (QED) is 0.314. The highest BCUT2D eigenvalue weighted by Gasteiger charge is 2.42. The molecule has 35 heavy (non-hydrogen) atoms. The summed E-state index contributed by atoms with van der Waals surface area (Å²) in [5.74, 6) is 0.710. The van der Waals surface area contributed by atoms with Crippen molar-refractivity contribution in [3.8, 4) is 28.1 Å². The minimum atomic E-state index is -1.37. The monoisotopic (exact) mass is 505 g/mol. The van der Waals surface area contributed by atoms with Crippen molar-refractivity contribution in [2.24, 2.45) is 0 Å². The number of rotatable bonds is 4. The van der Waals surface area contributed by atoms with Crippen LogP contribution >= 0.6 is 23.2 Å². The minimum Gasteiger partial charge on any atom is -0.384 e. The molecule has 0 radical (unpaired) electrons. The zero-order chi connectivity index (χ0) is 24.2. The first-order valence-electron chi connectivity index (χ1n) is 10.7. The number of aliphatic hydroxyl groups is 1. The molecule has 10 nitrogen and oxygen atoms in total. The third kappa shape index (κ3) is 3.63. The Morgan fingerprint density at radius 2 is 1.94 bits per heavy atom. The van der Waals surface area contributed by atoms with Gasteiger partial charge in [-0.25, -0.2) is 9.97 Å². The number of nitrogen functional groups attached to an aromatic ring is 1. The summed E-state index contributed by atoms with van der Waals surface area (Å²) in [6, 6.07) is 10.9. The molecule has 1 unspecified atom stereocenters. The molecule has 6 rings (SSSR count). The molecule has 5 aromatic rings. The van der Waals surface area contributed by atoms with Gasteiger partial charge in [-0.05, 0) is 65.2 Å². The van der Waals surface area contributed by atoms with Gasteiger partial charge in [0.05, 0.1) is 23.3 Å². The lowest BCUT2D eigenvalue weighted by atomic mass is 9.98. The zero-order valence-corrected chi connectivity index (χ0v) is 19.5. The standard InChI is InChI=1S/C23H17Cl2N9O/c24-14-1-3-18(34-11-29-32-33-34)16(8-14)13-7-12-5-6-23(35,20(12)27-9-13)22-28-10-17(30-22)15-2-4-19(26)31-21(15)25/h1-4,7-11,35H,5-6H2,(H2,26,31)(H,28,30). The number of hydrogen-bond acceptors (Lipinski definition) is 8. The van der Waals surface area contributed by atoms with Gasteiger partial charge in [0, 0.05) is 27.9 Å². The molecule has 0 saturated carbocycles. The number of hydrogen-bond donors (Lipinski definition) is 3. The van der Waals surface area contributed by atoms with Crippen molar-refractivity contribution in [3.05, 3.63) is 82.4 Å². The van der Waals surface area contributed by atoms with Crippen molar-refractivity contribution in [1.29, 1.82) is 0 Å². The van der Waals surface area contributed by atoms with Crippen LogP contribution in [0.4, 0.5) is 5.82 Å². The highest BCUT2D eigenvalue weighted by Crippen LogP contribution is 2.42. The highest BCUT2D eigenvalue weighted by atomic mass is 35.5. The second-order valence-corrected chi connectivity index (χ2v) is 9.02. The second kappa shape index (κ2) is 8.12. The van der Waals surface area contributed by atoms with E-state index in [-0.39, 0.29) is 5.15 Å². The Hall–Kier alpha value is -3.86. The maximum Gasteiger partial charge on any atom is 0.164 e. The average Bonchev–Trinajstić information content (AvgIpc) is 3.60. The summed E-state index contributed by atoms with van der Waals surface area (Å²) in [4.78, 5) is 16.4. The number of halogens is 2. The van der Waals surface area contributed by atoms with E-state index in [1.807, 2.05) is 18.2 Å². The predicted octanol–water partition coefficient (Wildman–Crippen LogP) is 3.58. The third-order valence-electron chi connectivity index (χ3n) is 6.11. The Bertz CT molecular complexity index is 1570. The van der Waals surface area contributed by atoms with Gasteiger partial charge < -0.3 is 15.8 Å². The van der Waals surface area contributed by atoms with Crippen LogP contribution in [0.1, 0.15) is 23.5 Å². The summed E-state index contributed by atoms with van der Waals surface area (Å²) in [5.41, 5.74) is 9.48. The molecule has 4 heterocycles. The number of anilines is 1. The van der Waals surface area contributed by atoms with Gasteiger partial charge in [-0.15, -0.1) is 5.10 Å². The van der Waals surface area contributed by atoms with Gasteiger partial charge in [0.2, 0.25) is 0 Å². The van der Waals surface area contributed by atoms with Crippen molar-refractivity contribution in [3.63, 3.8) is 0 Å². The fourth-order valence-corrected chi connectivity index (χ4v) is 4.85. The number of benzene rings is 1. The maximum atomic E-state index is 11.6. The second-order valence-electron chi connectivity index (χ2n) is 8.23. The fraction of sp³-hybridized carbons (Fsp3) is 0.130. The summed E-state index contributed by atoms with van der Waals surface area (Å²) >= 11 is 12.5. The van der Waals surface area contributed by atoms with E-state index in [0.29, 0.717) is 46.5 Å². The fourth-order valence-electron chi connectivity index (χ4n) is 4.41. The molecule has 174 valence electrons. The Morgan fingerprint density at radius 1 is 1.06 bits per heavy atom. The summed E-state index contributed by atoms with van der Waals surface area (Å²) < 4.78 is 1.57. The van der Waals surface area contributed by atoms with E-state index in [1.165, 1.54) is 6.33 Å². The third-order valence-corrected chi connectivity index (χ3v) is 6.63. The van der Waals surface area contributed by atoms with E-state index in [2.05, 4.69) is 35.5 Å². The lowest BCUT2D eigenvalue weighted by Crippen LogP contribution is -2.26. The van der Waals surface area contributed by atoms with Crippen LogP contribution in [-0.4, -0.2) is 45.2 Å². The number of nitrogens with zero attached hydrogens (tertiary/aromatic N) is 7. The van der Waals surface area contributed by atoms with E-state index < -0.39 is 5.60 Å². The van der Waals surface area contributed by atoms with Gasteiger partial charge in [-0.3, -0.25) is 4.98 Å².